The zero-order valence-corrected chi connectivity index (χ0v) is 23.0. The molecule has 2 unspecified atom stereocenters. The number of fused-ring (bicyclic) bond motifs is 1. The van der Waals surface area contributed by atoms with Gasteiger partial charge >= 0.3 is 18.3 Å². The molecule has 3 aromatic carbocycles. The van der Waals surface area contributed by atoms with Gasteiger partial charge in [0.1, 0.15) is 0 Å². The molecule has 1 aliphatic carbocycles. The van der Waals surface area contributed by atoms with Gasteiger partial charge in [0.05, 0.1) is 23.0 Å². The summed E-state index contributed by atoms with van der Waals surface area (Å²) in [4.78, 5) is 27.3. The summed E-state index contributed by atoms with van der Waals surface area (Å²) in [5.74, 6) is -3.03. The van der Waals surface area contributed by atoms with Crippen molar-refractivity contribution in [2.45, 2.75) is 63.3 Å². The molecule has 1 heterocycles. The molecule has 1 N–H and O–H groups in total. The van der Waals surface area contributed by atoms with Gasteiger partial charge in [-0.25, -0.2) is 0 Å². The molecule has 0 saturated heterocycles. The highest BCUT2D eigenvalue weighted by Gasteiger charge is 2.50. The van der Waals surface area contributed by atoms with Gasteiger partial charge in [0, 0.05) is 17.7 Å². The molecule has 42 heavy (non-hydrogen) atoms. The Hall–Kier alpha value is -4.08. The van der Waals surface area contributed by atoms with E-state index in [1.54, 1.807) is 6.07 Å². The first-order valence-corrected chi connectivity index (χ1v) is 13.4. The van der Waals surface area contributed by atoms with Crippen molar-refractivity contribution in [1.82, 2.24) is 0 Å². The first-order valence-electron chi connectivity index (χ1n) is 13.4. The third-order valence-electron chi connectivity index (χ3n) is 7.75. The Kier molecular flexibility index (Phi) is 7.23. The van der Waals surface area contributed by atoms with E-state index in [2.05, 4.69) is 26.1 Å². The summed E-state index contributed by atoms with van der Waals surface area (Å²) in [6, 6.07) is 15.6. The van der Waals surface area contributed by atoms with Crippen molar-refractivity contribution in [3.63, 3.8) is 0 Å². The summed E-state index contributed by atoms with van der Waals surface area (Å²) in [7, 11) is 0. The van der Waals surface area contributed by atoms with Crippen LogP contribution in [0.1, 0.15) is 67.8 Å². The fourth-order valence-electron chi connectivity index (χ4n) is 5.61. The smallest absolute Gasteiger partial charge is 0.357 e. The minimum absolute atomic E-state index is 0.0447. The first-order chi connectivity index (χ1) is 19.6. The maximum Gasteiger partial charge on any atom is 0.471 e. The molecule has 10 heteroatoms. The quantitative estimate of drug-likeness (QED) is 0.307. The summed E-state index contributed by atoms with van der Waals surface area (Å²) >= 11 is 0. The van der Waals surface area contributed by atoms with Gasteiger partial charge in [0.25, 0.3) is 0 Å². The highest BCUT2D eigenvalue weighted by molar-refractivity contribution is 6.07. The minimum atomic E-state index is -5.32. The molecule has 220 valence electrons. The number of benzene rings is 3. The number of para-hydroxylation sites is 2. The molecule has 0 saturated carbocycles. The number of hydrogen-bond acceptors (Lipinski definition) is 3. The van der Waals surface area contributed by atoms with Crippen molar-refractivity contribution in [2.75, 3.05) is 10.2 Å². The van der Waals surface area contributed by atoms with Gasteiger partial charge in [-0.15, -0.1) is 0 Å². The van der Waals surface area contributed by atoms with E-state index < -0.39 is 35.6 Å². The van der Waals surface area contributed by atoms with Crippen molar-refractivity contribution < 1.29 is 35.9 Å². The third-order valence-corrected chi connectivity index (χ3v) is 7.75. The lowest BCUT2D eigenvalue weighted by Gasteiger charge is -2.35. The van der Waals surface area contributed by atoms with Crippen molar-refractivity contribution in [3.8, 4) is 0 Å². The van der Waals surface area contributed by atoms with E-state index in [4.69, 9.17) is 0 Å². The number of alkyl halides is 6. The molecule has 1 amide bonds. The molecule has 0 fully saturated rings. The maximum absolute atomic E-state index is 14.0. The second-order valence-corrected chi connectivity index (χ2v) is 11.6. The van der Waals surface area contributed by atoms with E-state index in [0.29, 0.717) is 10.6 Å². The number of nitrogens with one attached hydrogen (secondary N) is 1. The predicted octanol–water partition coefficient (Wildman–Crippen LogP) is 8.47. The summed E-state index contributed by atoms with van der Waals surface area (Å²) in [6.07, 6.45) is -9.80. The molecule has 2 aliphatic rings. The zero-order chi connectivity index (χ0) is 30.6. The van der Waals surface area contributed by atoms with E-state index in [1.807, 2.05) is 24.3 Å². The lowest BCUT2D eigenvalue weighted by molar-refractivity contribution is -0.170. The summed E-state index contributed by atoms with van der Waals surface area (Å²) < 4.78 is 82.1. The summed E-state index contributed by atoms with van der Waals surface area (Å²) in [6.45, 7) is 6.22. The minimum Gasteiger partial charge on any atom is -0.357 e. The Morgan fingerprint density at radius 1 is 0.786 bits per heavy atom. The van der Waals surface area contributed by atoms with Crippen LogP contribution in [0.5, 0.6) is 0 Å². The molecule has 3 aromatic rings. The van der Waals surface area contributed by atoms with Crippen LogP contribution in [0, 0.1) is 0 Å². The molecule has 0 radical (unpaired) electrons. The zero-order valence-electron chi connectivity index (χ0n) is 23.0. The number of Topliss-reactive ketones (excluding diaryl/α,β-unsaturated/α-hetero) is 1. The van der Waals surface area contributed by atoms with Crippen molar-refractivity contribution >= 4 is 23.1 Å². The molecular weight excluding hydrogens is 558 g/mol. The lowest BCUT2D eigenvalue weighted by Crippen LogP contribution is -2.45. The van der Waals surface area contributed by atoms with Gasteiger partial charge in [-0.05, 0) is 58.7 Å². The van der Waals surface area contributed by atoms with Crippen molar-refractivity contribution in [3.05, 3.63) is 106 Å². The molecule has 1 aliphatic heterocycles. The molecule has 4 nitrogen and oxygen atoms in total. The Bertz CT molecular complexity index is 1550. The number of rotatable bonds is 2. The first kappa shape index (κ1) is 29.4. The average molecular weight is 587 g/mol. The Balaban J connectivity index is 1.67. The van der Waals surface area contributed by atoms with Crippen molar-refractivity contribution in [1.29, 1.82) is 0 Å². The Morgan fingerprint density at radius 3 is 1.93 bits per heavy atom. The average Bonchev–Trinajstić information content (AvgIpc) is 3.06. The Labute approximate surface area is 239 Å². The fraction of sp³-hybridized carbons (Fsp3) is 0.312. The van der Waals surface area contributed by atoms with Crippen LogP contribution in [0.15, 0.2) is 84.1 Å². The van der Waals surface area contributed by atoms with Gasteiger partial charge in [-0.2, -0.15) is 26.3 Å². The van der Waals surface area contributed by atoms with Crippen LogP contribution in [0.4, 0.5) is 37.7 Å². The highest BCUT2D eigenvalue weighted by atomic mass is 19.4. The molecule has 0 bridgehead atoms. The number of ketones is 1. The summed E-state index contributed by atoms with van der Waals surface area (Å²) in [5.41, 5.74) is 1.11. The van der Waals surface area contributed by atoms with Crippen LogP contribution in [-0.2, 0) is 21.2 Å². The van der Waals surface area contributed by atoms with Gasteiger partial charge < -0.3 is 5.32 Å². The number of carbonyl (C=O) groups excluding carboxylic acids is 2. The van der Waals surface area contributed by atoms with Gasteiger partial charge in [-0.3, -0.25) is 14.5 Å². The van der Waals surface area contributed by atoms with E-state index >= 15 is 0 Å². The Morgan fingerprint density at radius 2 is 1.36 bits per heavy atom. The van der Waals surface area contributed by atoms with Crippen LogP contribution in [0.2, 0.25) is 0 Å². The number of hydrogen-bond donors (Lipinski definition) is 1. The summed E-state index contributed by atoms with van der Waals surface area (Å²) in [5, 5.41) is 3.12. The normalized spacial score (nSPS) is 19.5. The molecular formula is C32H28F6N2O2. The fourth-order valence-corrected chi connectivity index (χ4v) is 5.61. The van der Waals surface area contributed by atoms with Crippen LogP contribution in [0.25, 0.3) is 0 Å². The SMILES string of the molecule is CC(C)(C)c1ccc(C2CC(=O)C3=C(C2)Nc2ccccc2N(C(=O)C(F)(F)F)C3c2ccc(C(F)(F)F)cc2)cc1. The van der Waals surface area contributed by atoms with Gasteiger partial charge in [0.2, 0.25) is 0 Å². The number of halogens is 6. The van der Waals surface area contributed by atoms with Crippen LogP contribution in [0.3, 0.4) is 0 Å². The van der Waals surface area contributed by atoms with Crippen LogP contribution >= 0.6 is 0 Å². The standard InChI is InChI=1S/C32H28F6N2O2/c1-30(2,3)21-12-8-18(9-13-21)20-16-24-27(26(41)17-20)28(19-10-14-22(15-11-19)31(33,34)35)40(29(42)32(36,37)38)25-7-5-4-6-23(25)39-24/h4-15,20,28,39H,16-17H2,1-3H3. The number of nitrogens with zero attached hydrogens (tertiary/aromatic N) is 1. The molecule has 0 aromatic heterocycles. The van der Waals surface area contributed by atoms with Gasteiger partial charge in [-0.1, -0.05) is 69.3 Å². The van der Waals surface area contributed by atoms with E-state index in [-0.39, 0.29) is 46.7 Å². The van der Waals surface area contributed by atoms with Crippen LogP contribution < -0.4 is 10.2 Å². The number of carbonyl (C=O) groups is 2. The predicted molar refractivity (Wildman–Crippen MR) is 147 cm³/mol. The second-order valence-electron chi connectivity index (χ2n) is 11.6. The monoisotopic (exact) mass is 586 g/mol. The molecule has 5 rings (SSSR count). The lowest BCUT2D eigenvalue weighted by atomic mass is 9.77. The van der Waals surface area contributed by atoms with E-state index in [0.717, 1.165) is 35.4 Å². The molecule has 0 spiro atoms. The van der Waals surface area contributed by atoms with Crippen LogP contribution in [-0.4, -0.2) is 17.9 Å². The third kappa shape index (κ3) is 5.54. The van der Waals surface area contributed by atoms with Gasteiger partial charge in [0.15, 0.2) is 5.78 Å². The topological polar surface area (TPSA) is 49.4 Å². The number of anilines is 2. The second kappa shape index (κ2) is 10.3. The highest BCUT2D eigenvalue weighted by Crippen LogP contribution is 2.48. The number of allylic oxidation sites excluding steroid dienone is 1. The number of amides is 1. The molecule has 2 atom stereocenters. The van der Waals surface area contributed by atoms with E-state index in [1.165, 1.54) is 18.2 Å². The van der Waals surface area contributed by atoms with Crippen molar-refractivity contribution in [2.24, 2.45) is 0 Å². The van der Waals surface area contributed by atoms with E-state index in [9.17, 15) is 35.9 Å². The maximum atomic E-state index is 14.0. The largest absolute Gasteiger partial charge is 0.471 e.